The van der Waals surface area contributed by atoms with E-state index < -0.39 is 0 Å². The molecule has 106 valence electrons. The molecule has 0 aliphatic heterocycles. The Balaban J connectivity index is 2.00. The summed E-state index contributed by atoms with van der Waals surface area (Å²) >= 11 is 0. The van der Waals surface area contributed by atoms with Crippen molar-refractivity contribution in [2.75, 3.05) is 6.61 Å². The molecule has 0 aliphatic rings. The van der Waals surface area contributed by atoms with Crippen LogP contribution >= 0.6 is 0 Å². The maximum Gasteiger partial charge on any atom is 0.213 e. The van der Waals surface area contributed by atoms with Crippen molar-refractivity contribution in [2.45, 2.75) is 6.92 Å². The Hall–Kier alpha value is -2.62. The molecule has 0 saturated heterocycles. The van der Waals surface area contributed by atoms with Crippen LogP contribution in [-0.4, -0.2) is 22.2 Å². The van der Waals surface area contributed by atoms with E-state index in [1.165, 1.54) is 0 Å². The Kier molecular flexibility index (Phi) is 3.44. The van der Waals surface area contributed by atoms with Crippen LogP contribution in [0.3, 0.4) is 0 Å². The third-order valence-corrected chi connectivity index (χ3v) is 3.40. The molecule has 2 aromatic carbocycles. The minimum absolute atomic E-state index is 0.0742. The van der Waals surface area contributed by atoms with Gasteiger partial charge in [-0.05, 0) is 37.3 Å². The Morgan fingerprint density at radius 3 is 2.57 bits per heavy atom. The predicted molar refractivity (Wildman–Crippen MR) is 81.8 cm³/mol. The smallest absolute Gasteiger partial charge is 0.213 e. The summed E-state index contributed by atoms with van der Waals surface area (Å²) in [5, 5.41) is 5.23. The van der Waals surface area contributed by atoms with E-state index in [1.807, 2.05) is 50.4 Å². The molecule has 4 nitrogen and oxygen atoms in total. The molecule has 0 fully saturated rings. The van der Waals surface area contributed by atoms with Crippen molar-refractivity contribution >= 4 is 16.7 Å². The van der Waals surface area contributed by atoms with Gasteiger partial charge in [-0.25, -0.2) is 0 Å². The summed E-state index contributed by atoms with van der Waals surface area (Å²) in [5.41, 5.74) is 2.05. The zero-order valence-corrected chi connectivity index (χ0v) is 12.0. The second-order valence-corrected chi connectivity index (χ2v) is 4.78. The number of para-hydroxylation sites is 1. The van der Waals surface area contributed by atoms with E-state index in [1.54, 1.807) is 16.8 Å². The Labute approximate surface area is 123 Å². The van der Waals surface area contributed by atoms with Gasteiger partial charge in [0.2, 0.25) is 5.78 Å². The average Bonchev–Trinajstić information content (AvgIpc) is 2.85. The third-order valence-electron chi connectivity index (χ3n) is 3.40. The van der Waals surface area contributed by atoms with E-state index in [0.717, 1.165) is 16.7 Å². The maximum absolute atomic E-state index is 12.6. The van der Waals surface area contributed by atoms with E-state index in [-0.39, 0.29) is 5.78 Å². The molecule has 0 bridgehead atoms. The third kappa shape index (κ3) is 2.40. The number of hydrogen-bond acceptors (Lipinski definition) is 3. The lowest BCUT2D eigenvalue weighted by molar-refractivity contribution is 0.103. The van der Waals surface area contributed by atoms with Gasteiger partial charge in [-0.3, -0.25) is 9.48 Å². The fourth-order valence-electron chi connectivity index (χ4n) is 2.39. The molecule has 0 amide bonds. The topological polar surface area (TPSA) is 44.1 Å². The highest BCUT2D eigenvalue weighted by Crippen LogP contribution is 2.21. The number of hydrogen-bond donors (Lipinski definition) is 0. The van der Waals surface area contributed by atoms with Gasteiger partial charge in [0.15, 0.2) is 0 Å². The Morgan fingerprint density at radius 1 is 1.14 bits per heavy atom. The molecule has 0 radical (unpaired) electrons. The van der Waals surface area contributed by atoms with Crippen LogP contribution < -0.4 is 4.74 Å². The minimum Gasteiger partial charge on any atom is -0.494 e. The first-order chi connectivity index (χ1) is 10.2. The van der Waals surface area contributed by atoms with E-state index in [0.29, 0.717) is 17.9 Å². The molecule has 0 unspecified atom stereocenters. The molecule has 4 heteroatoms. The van der Waals surface area contributed by atoms with Gasteiger partial charge in [-0.2, -0.15) is 5.10 Å². The second kappa shape index (κ2) is 5.40. The summed E-state index contributed by atoms with van der Waals surface area (Å²) in [4.78, 5) is 12.6. The number of aromatic nitrogens is 2. The van der Waals surface area contributed by atoms with Gasteiger partial charge in [0.1, 0.15) is 11.4 Å². The predicted octanol–water partition coefficient (Wildman–Crippen LogP) is 3.20. The summed E-state index contributed by atoms with van der Waals surface area (Å²) in [6.45, 7) is 2.54. The Morgan fingerprint density at radius 2 is 1.86 bits per heavy atom. The number of ether oxygens (including phenoxy) is 1. The van der Waals surface area contributed by atoms with Crippen molar-refractivity contribution in [3.05, 3.63) is 59.8 Å². The minimum atomic E-state index is -0.0742. The van der Waals surface area contributed by atoms with E-state index in [2.05, 4.69) is 5.10 Å². The molecule has 1 heterocycles. The molecule has 21 heavy (non-hydrogen) atoms. The standard InChI is InChI=1S/C17H16N2O2/c1-3-21-13-10-8-12(9-11-13)17(20)16-14-6-4-5-7-15(14)19(2)18-16/h4-11H,3H2,1-2H3. The average molecular weight is 280 g/mol. The van der Waals surface area contributed by atoms with Gasteiger partial charge in [0.25, 0.3) is 0 Å². The molecule has 0 aliphatic carbocycles. The summed E-state index contributed by atoms with van der Waals surface area (Å²) < 4.78 is 7.12. The van der Waals surface area contributed by atoms with Crippen LogP contribution in [0.15, 0.2) is 48.5 Å². The van der Waals surface area contributed by atoms with Gasteiger partial charge in [0.05, 0.1) is 12.1 Å². The fraction of sp³-hybridized carbons (Fsp3) is 0.176. The van der Waals surface area contributed by atoms with Crippen molar-refractivity contribution in [1.29, 1.82) is 0 Å². The molecule has 3 rings (SSSR count). The first kappa shape index (κ1) is 13.4. The Bertz CT molecular complexity index is 788. The zero-order valence-electron chi connectivity index (χ0n) is 12.0. The van der Waals surface area contributed by atoms with Gasteiger partial charge in [0, 0.05) is 18.0 Å². The van der Waals surface area contributed by atoms with E-state index >= 15 is 0 Å². The SMILES string of the molecule is CCOc1ccc(C(=O)c2nn(C)c3ccccc23)cc1. The van der Waals surface area contributed by atoms with Crippen LogP contribution in [0.4, 0.5) is 0 Å². The second-order valence-electron chi connectivity index (χ2n) is 4.78. The van der Waals surface area contributed by atoms with Crippen LogP contribution in [-0.2, 0) is 7.05 Å². The number of rotatable bonds is 4. The van der Waals surface area contributed by atoms with Crippen LogP contribution in [0.25, 0.3) is 10.9 Å². The number of carbonyl (C=O) groups excluding carboxylic acids is 1. The first-order valence-electron chi connectivity index (χ1n) is 6.90. The van der Waals surface area contributed by atoms with E-state index in [4.69, 9.17) is 4.74 Å². The van der Waals surface area contributed by atoms with Gasteiger partial charge < -0.3 is 4.74 Å². The molecule has 0 spiro atoms. The quantitative estimate of drug-likeness (QED) is 0.689. The number of benzene rings is 2. The van der Waals surface area contributed by atoms with Crippen molar-refractivity contribution in [3.8, 4) is 5.75 Å². The van der Waals surface area contributed by atoms with Crippen LogP contribution in [0, 0.1) is 0 Å². The number of carbonyl (C=O) groups is 1. The van der Waals surface area contributed by atoms with Crippen molar-refractivity contribution in [2.24, 2.45) is 7.05 Å². The highest BCUT2D eigenvalue weighted by molar-refractivity contribution is 6.14. The largest absolute Gasteiger partial charge is 0.494 e. The highest BCUT2D eigenvalue weighted by Gasteiger charge is 2.17. The van der Waals surface area contributed by atoms with E-state index in [9.17, 15) is 4.79 Å². The molecule has 3 aromatic rings. The first-order valence-corrected chi connectivity index (χ1v) is 6.90. The van der Waals surface area contributed by atoms with Crippen molar-refractivity contribution < 1.29 is 9.53 Å². The number of nitrogens with zero attached hydrogens (tertiary/aromatic N) is 2. The normalized spacial score (nSPS) is 10.8. The summed E-state index contributed by atoms with van der Waals surface area (Å²) in [7, 11) is 1.84. The summed E-state index contributed by atoms with van der Waals surface area (Å²) in [6, 6.07) is 14.9. The maximum atomic E-state index is 12.6. The zero-order chi connectivity index (χ0) is 14.8. The van der Waals surface area contributed by atoms with Gasteiger partial charge >= 0.3 is 0 Å². The van der Waals surface area contributed by atoms with Crippen molar-refractivity contribution in [1.82, 2.24) is 9.78 Å². The fourth-order valence-corrected chi connectivity index (χ4v) is 2.39. The lowest BCUT2D eigenvalue weighted by Gasteiger charge is -2.03. The molecular formula is C17H16N2O2. The van der Waals surface area contributed by atoms with Gasteiger partial charge in [-0.1, -0.05) is 18.2 Å². The summed E-state index contributed by atoms with van der Waals surface area (Å²) in [6.07, 6.45) is 0. The molecule has 1 aromatic heterocycles. The van der Waals surface area contributed by atoms with Crippen LogP contribution in [0.2, 0.25) is 0 Å². The highest BCUT2D eigenvalue weighted by atomic mass is 16.5. The molecular weight excluding hydrogens is 264 g/mol. The lowest BCUT2D eigenvalue weighted by Crippen LogP contribution is -2.04. The molecule has 0 saturated carbocycles. The number of fused-ring (bicyclic) bond motifs is 1. The lowest BCUT2D eigenvalue weighted by atomic mass is 10.1. The number of ketones is 1. The molecule has 0 atom stereocenters. The van der Waals surface area contributed by atoms with Crippen LogP contribution in [0.5, 0.6) is 5.75 Å². The molecule has 0 N–H and O–H groups in total. The van der Waals surface area contributed by atoms with Crippen molar-refractivity contribution in [3.63, 3.8) is 0 Å². The summed E-state index contributed by atoms with van der Waals surface area (Å²) in [5.74, 6) is 0.690. The van der Waals surface area contributed by atoms with Crippen LogP contribution in [0.1, 0.15) is 23.0 Å². The number of aryl methyl sites for hydroxylation is 1. The van der Waals surface area contributed by atoms with Gasteiger partial charge in [-0.15, -0.1) is 0 Å². The monoisotopic (exact) mass is 280 g/mol.